The average Bonchev–Trinajstić information content (AvgIpc) is 2.51. The topological polar surface area (TPSA) is 103 Å². The molecule has 0 fully saturated rings. The molecule has 0 radical (unpaired) electrons. The van der Waals surface area contributed by atoms with Crippen LogP contribution in [0.1, 0.15) is 11.3 Å². The molecule has 25 heavy (non-hydrogen) atoms. The Hall–Kier alpha value is -2.82. The Morgan fingerprint density at radius 3 is 2.40 bits per heavy atom. The molecule has 0 amide bonds. The smallest absolute Gasteiger partial charge is 0.409 e. The second-order valence-corrected chi connectivity index (χ2v) is 5.22. The van der Waals surface area contributed by atoms with Crippen molar-refractivity contribution in [1.82, 2.24) is 9.13 Å². The Balaban J connectivity index is 2.87. The fraction of sp³-hybridized carbons (Fsp3) is 0.154. The Kier molecular flexibility index (Phi) is 4.62. The zero-order valence-electron chi connectivity index (χ0n) is 12.3. The number of alkyl halides is 3. The number of aromatic nitrogens is 2. The summed E-state index contributed by atoms with van der Waals surface area (Å²) in [6, 6.07) is 1.63. The van der Waals surface area contributed by atoms with Crippen molar-refractivity contribution in [3.8, 4) is 5.69 Å². The quantitative estimate of drug-likeness (QED) is 0.270. The first-order valence-corrected chi connectivity index (χ1v) is 6.74. The van der Waals surface area contributed by atoms with Crippen molar-refractivity contribution in [2.75, 3.05) is 0 Å². The van der Waals surface area contributed by atoms with Crippen molar-refractivity contribution in [2.24, 2.45) is 17.9 Å². The van der Waals surface area contributed by atoms with Gasteiger partial charge < -0.3 is 10.9 Å². The van der Waals surface area contributed by atoms with Crippen LogP contribution in [-0.2, 0) is 13.2 Å². The molecule has 0 saturated heterocycles. The third-order valence-corrected chi connectivity index (χ3v) is 3.58. The molecule has 0 saturated carbocycles. The summed E-state index contributed by atoms with van der Waals surface area (Å²) in [7, 11) is 0.777. The van der Waals surface area contributed by atoms with Gasteiger partial charge >= 0.3 is 11.9 Å². The van der Waals surface area contributed by atoms with E-state index < -0.39 is 40.5 Å². The number of hydrogen-bond acceptors (Lipinski definition) is 4. The lowest BCUT2D eigenvalue weighted by Crippen LogP contribution is -2.41. The Bertz CT molecular complexity index is 994. The first-order chi connectivity index (χ1) is 11.5. The summed E-state index contributed by atoms with van der Waals surface area (Å²) < 4.78 is 53.0. The summed E-state index contributed by atoms with van der Waals surface area (Å²) in [6.45, 7) is 0. The van der Waals surface area contributed by atoms with E-state index in [0.717, 1.165) is 13.1 Å². The van der Waals surface area contributed by atoms with E-state index in [2.05, 4.69) is 5.16 Å². The van der Waals surface area contributed by atoms with Crippen LogP contribution >= 0.6 is 11.6 Å². The van der Waals surface area contributed by atoms with Crippen molar-refractivity contribution in [1.29, 1.82) is 0 Å². The molecular formula is C13H9ClF4N4O3. The highest BCUT2D eigenvalue weighted by atomic mass is 35.5. The van der Waals surface area contributed by atoms with Gasteiger partial charge in [0, 0.05) is 18.7 Å². The molecule has 1 aromatic heterocycles. The molecule has 0 aliphatic carbocycles. The maximum atomic E-state index is 14.2. The summed E-state index contributed by atoms with van der Waals surface area (Å²) >= 11 is 5.73. The molecule has 3 N–H and O–H groups in total. The van der Waals surface area contributed by atoms with Gasteiger partial charge in [0.1, 0.15) is 11.5 Å². The summed E-state index contributed by atoms with van der Waals surface area (Å²) in [5, 5.41) is 11.0. The lowest BCUT2D eigenvalue weighted by Gasteiger charge is -2.15. The predicted octanol–water partition coefficient (Wildman–Crippen LogP) is 1.44. The van der Waals surface area contributed by atoms with E-state index in [1.165, 1.54) is 0 Å². The number of benzene rings is 1. The average molecular weight is 381 g/mol. The van der Waals surface area contributed by atoms with Crippen LogP contribution < -0.4 is 17.0 Å². The molecule has 0 spiro atoms. The van der Waals surface area contributed by atoms with Gasteiger partial charge in [-0.1, -0.05) is 16.8 Å². The fourth-order valence-corrected chi connectivity index (χ4v) is 2.33. The van der Waals surface area contributed by atoms with Gasteiger partial charge in [-0.15, -0.1) is 0 Å². The molecule has 1 aromatic carbocycles. The number of nitrogens with zero attached hydrogens (tertiary/aromatic N) is 3. The van der Waals surface area contributed by atoms with Gasteiger partial charge in [-0.25, -0.2) is 13.8 Å². The normalized spacial score (nSPS) is 12.5. The first kappa shape index (κ1) is 18.5. The van der Waals surface area contributed by atoms with E-state index in [1.54, 1.807) is 0 Å². The number of nitrogens with two attached hydrogens (primary N) is 1. The van der Waals surface area contributed by atoms with E-state index in [1.807, 2.05) is 0 Å². The lowest BCUT2D eigenvalue weighted by molar-refractivity contribution is -0.144. The Morgan fingerprint density at radius 1 is 1.28 bits per heavy atom. The van der Waals surface area contributed by atoms with Gasteiger partial charge in [-0.05, 0) is 12.1 Å². The van der Waals surface area contributed by atoms with Crippen LogP contribution in [0.3, 0.4) is 0 Å². The predicted molar refractivity (Wildman–Crippen MR) is 79.8 cm³/mol. The second kappa shape index (κ2) is 6.24. The van der Waals surface area contributed by atoms with Crippen molar-refractivity contribution in [3.63, 3.8) is 0 Å². The monoisotopic (exact) mass is 380 g/mol. The zero-order valence-corrected chi connectivity index (χ0v) is 13.1. The maximum Gasteiger partial charge on any atom is 0.431 e. The molecule has 0 atom stereocenters. The van der Waals surface area contributed by atoms with Crippen LogP contribution in [0.25, 0.3) is 5.69 Å². The van der Waals surface area contributed by atoms with Gasteiger partial charge in [-0.2, -0.15) is 13.2 Å². The maximum absolute atomic E-state index is 14.2. The largest absolute Gasteiger partial charge is 0.431 e. The van der Waals surface area contributed by atoms with E-state index in [-0.39, 0.29) is 25.8 Å². The van der Waals surface area contributed by atoms with E-state index >= 15 is 0 Å². The third-order valence-electron chi connectivity index (χ3n) is 3.27. The molecule has 0 bridgehead atoms. The summed E-state index contributed by atoms with van der Waals surface area (Å²) in [5.74, 6) is -1.72. The summed E-state index contributed by atoms with van der Waals surface area (Å²) in [6.07, 6.45) is -4.95. The van der Waals surface area contributed by atoms with Crippen LogP contribution in [0.4, 0.5) is 17.6 Å². The molecule has 0 aliphatic rings. The van der Waals surface area contributed by atoms with Crippen molar-refractivity contribution in [3.05, 3.63) is 61.1 Å². The minimum atomic E-state index is -4.95. The molecular weight excluding hydrogens is 372 g/mol. The van der Waals surface area contributed by atoms with Gasteiger partial charge in [-0.3, -0.25) is 9.36 Å². The van der Waals surface area contributed by atoms with Gasteiger partial charge in [0.15, 0.2) is 5.84 Å². The molecule has 12 heteroatoms. The first-order valence-electron chi connectivity index (χ1n) is 6.36. The molecule has 7 nitrogen and oxygen atoms in total. The van der Waals surface area contributed by atoms with Crippen molar-refractivity contribution < 1.29 is 22.8 Å². The number of oxime groups is 1. The van der Waals surface area contributed by atoms with Crippen LogP contribution in [0.5, 0.6) is 0 Å². The Labute approximate surface area is 141 Å². The second-order valence-electron chi connectivity index (χ2n) is 4.81. The standard InChI is InChI=1S/C13H9ClF4N4O3/c1-21-9(13(16,17)18)4-10(23)22(12(21)24)8-2-5(11(19)20-25)6(14)3-7(8)15/h2-4,25H,1H3,(H2,19,20). The number of halogens is 5. The molecule has 1 heterocycles. The number of amidine groups is 1. The lowest BCUT2D eigenvalue weighted by atomic mass is 10.1. The van der Waals surface area contributed by atoms with Gasteiger partial charge in [0.2, 0.25) is 0 Å². The van der Waals surface area contributed by atoms with E-state index in [0.29, 0.717) is 6.07 Å². The van der Waals surface area contributed by atoms with E-state index in [9.17, 15) is 27.2 Å². The zero-order chi connectivity index (χ0) is 19.1. The van der Waals surface area contributed by atoms with E-state index in [4.69, 9.17) is 22.5 Å². The SMILES string of the molecule is Cn1c(C(F)(F)F)cc(=O)n(-c2cc(/C(N)=N\O)c(Cl)cc2F)c1=O. The molecule has 2 aromatic rings. The van der Waals surface area contributed by atoms with Crippen LogP contribution in [0, 0.1) is 5.82 Å². The molecule has 0 unspecified atom stereocenters. The highest BCUT2D eigenvalue weighted by Gasteiger charge is 2.35. The van der Waals surface area contributed by atoms with Gasteiger partial charge in [0.25, 0.3) is 5.56 Å². The highest BCUT2D eigenvalue weighted by Crippen LogP contribution is 2.27. The number of rotatable bonds is 2. The van der Waals surface area contributed by atoms with Gasteiger partial charge in [0.05, 0.1) is 10.7 Å². The van der Waals surface area contributed by atoms with Crippen molar-refractivity contribution >= 4 is 17.4 Å². The molecule has 2 rings (SSSR count). The minimum Gasteiger partial charge on any atom is -0.409 e. The number of hydrogen-bond donors (Lipinski definition) is 2. The van der Waals surface area contributed by atoms with Crippen LogP contribution in [0.2, 0.25) is 5.02 Å². The van der Waals surface area contributed by atoms with Crippen LogP contribution in [-0.4, -0.2) is 20.2 Å². The molecule has 134 valence electrons. The third kappa shape index (κ3) is 3.22. The minimum absolute atomic E-state index is 0.151. The molecule has 0 aliphatic heterocycles. The Morgan fingerprint density at radius 2 is 1.88 bits per heavy atom. The summed E-state index contributed by atoms with van der Waals surface area (Å²) in [5.41, 5.74) is 0.0735. The van der Waals surface area contributed by atoms with Crippen LogP contribution in [0.15, 0.2) is 32.9 Å². The summed E-state index contributed by atoms with van der Waals surface area (Å²) in [4.78, 5) is 24.1. The van der Waals surface area contributed by atoms with Crippen molar-refractivity contribution in [2.45, 2.75) is 6.18 Å². The highest BCUT2D eigenvalue weighted by molar-refractivity contribution is 6.34. The fourth-order valence-electron chi connectivity index (χ4n) is 2.08.